The molecule has 1 aliphatic heterocycles. The summed E-state index contributed by atoms with van der Waals surface area (Å²) in [6.07, 6.45) is 2.14. The van der Waals surface area contributed by atoms with Gasteiger partial charge in [-0.05, 0) is 48.4 Å². The largest absolute Gasteiger partial charge is 0.478 e. The summed E-state index contributed by atoms with van der Waals surface area (Å²) in [5.41, 5.74) is 3.73. The quantitative estimate of drug-likeness (QED) is 0.233. The lowest BCUT2D eigenvalue weighted by molar-refractivity contribution is -0.124. The summed E-state index contributed by atoms with van der Waals surface area (Å²) >= 11 is 6.82. The summed E-state index contributed by atoms with van der Waals surface area (Å²) in [4.78, 5) is 26.7. The first-order valence-corrected chi connectivity index (χ1v) is 12.7. The van der Waals surface area contributed by atoms with Crippen LogP contribution in [-0.4, -0.2) is 36.4 Å². The van der Waals surface area contributed by atoms with Crippen molar-refractivity contribution in [1.29, 1.82) is 0 Å². The first-order valence-electron chi connectivity index (χ1n) is 11.4. The molecular formula is C28H21N3O4S2. The number of aromatic carboxylic acids is 1. The molecule has 1 fully saturated rings. The topological polar surface area (TPSA) is 96.5 Å². The van der Waals surface area contributed by atoms with E-state index in [2.05, 4.69) is 10.2 Å². The molecule has 2 heterocycles. The van der Waals surface area contributed by atoms with Crippen LogP contribution >= 0.6 is 24.0 Å². The minimum Gasteiger partial charge on any atom is -0.478 e. The standard InChI is InChI=1S/C28H21N3O4S2/c1-17-6-5-9-21(14-17)24-29-30-25(35-24)22(15-18-7-3-2-4-8-18)31-26(32)23(37-28(31)36)16-19-10-12-20(13-11-19)27(33)34/h2-14,16,22H,15H2,1H3,(H,33,34)/b23-16-/t22-/m0/s1. The third kappa shape index (κ3) is 5.37. The number of carboxylic acid groups (broad SMARTS) is 1. The second-order valence-corrected chi connectivity index (χ2v) is 10.2. The number of hydrogen-bond donors (Lipinski definition) is 1. The highest BCUT2D eigenvalue weighted by Gasteiger charge is 2.40. The van der Waals surface area contributed by atoms with E-state index in [-0.39, 0.29) is 11.5 Å². The number of carbonyl (C=O) groups excluding carboxylic acids is 1. The van der Waals surface area contributed by atoms with Crippen molar-refractivity contribution in [2.24, 2.45) is 0 Å². The van der Waals surface area contributed by atoms with E-state index in [0.29, 0.717) is 33.0 Å². The first-order chi connectivity index (χ1) is 17.9. The van der Waals surface area contributed by atoms with Crippen molar-refractivity contribution in [3.63, 3.8) is 0 Å². The lowest BCUT2D eigenvalue weighted by atomic mass is 10.0. The predicted octanol–water partition coefficient (Wildman–Crippen LogP) is 5.93. The van der Waals surface area contributed by atoms with E-state index >= 15 is 0 Å². The Bertz CT molecular complexity index is 1510. The van der Waals surface area contributed by atoms with Crippen molar-refractivity contribution in [3.8, 4) is 11.5 Å². The molecule has 0 bridgehead atoms. The van der Waals surface area contributed by atoms with Crippen LogP contribution in [0.25, 0.3) is 17.5 Å². The number of thiocarbonyl (C=S) groups is 1. The van der Waals surface area contributed by atoms with Gasteiger partial charge < -0.3 is 9.52 Å². The van der Waals surface area contributed by atoms with Gasteiger partial charge in [-0.1, -0.05) is 84.1 Å². The van der Waals surface area contributed by atoms with Crippen LogP contribution in [0.2, 0.25) is 0 Å². The molecule has 1 atom stereocenters. The van der Waals surface area contributed by atoms with Gasteiger partial charge in [0.25, 0.3) is 5.91 Å². The van der Waals surface area contributed by atoms with Gasteiger partial charge in [0.2, 0.25) is 11.8 Å². The highest BCUT2D eigenvalue weighted by Crippen LogP contribution is 2.39. The Labute approximate surface area is 222 Å². The Balaban J connectivity index is 1.48. The Kier molecular flexibility index (Phi) is 6.98. The van der Waals surface area contributed by atoms with Gasteiger partial charge in [-0.25, -0.2) is 4.79 Å². The molecule has 4 aromatic rings. The zero-order chi connectivity index (χ0) is 25.9. The number of amides is 1. The maximum absolute atomic E-state index is 13.6. The van der Waals surface area contributed by atoms with Crippen molar-refractivity contribution in [1.82, 2.24) is 15.1 Å². The highest BCUT2D eigenvalue weighted by molar-refractivity contribution is 8.26. The molecule has 0 aliphatic carbocycles. The number of rotatable bonds is 7. The van der Waals surface area contributed by atoms with Crippen molar-refractivity contribution >= 4 is 46.3 Å². The molecule has 1 aromatic heterocycles. The van der Waals surface area contributed by atoms with Gasteiger partial charge in [0.15, 0.2) is 0 Å². The number of aryl methyl sites for hydroxylation is 1. The molecule has 184 valence electrons. The molecule has 3 aromatic carbocycles. The van der Waals surface area contributed by atoms with E-state index in [9.17, 15) is 9.59 Å². The normalized spacial score (nSPS) is 15.4. The second kappa shape index (κ2) is 10.5. The van der Waals surface area contributed by atoms with Crippen molar-refractivity contribution in [2.45, 2.75) is 19.4 Å². The summed E-state index contributed by atoms with van der Waals surface area (Å²) in [6, 6.07) is 23.2. The molecule has 1 aliphatic rings. The van der Waals surface area contributed by atoms with Gasteiger partial charge in [-0.15, -0.1) is 10.2 Å². The number of benzene rings is 3. The molecule has 5 rings (SSSR count). The van der Waals surface area contributed by atoms with E-state index in [1.54, 1.807) is 18.2 Å². The van der Waals surface area contributed by atoms with Crippen molar-refractivity contribution in [3.05, 3.63) is 112 Å². The lowest BCUT2D eigenvalue weighted by Gasteiger charge is -2.24. The second-order valence-electron chi connectivity index (χ2n) is 8.50. The molecule has 37 heavy (non-hydrogen) atoms. The zero-order valence-corrected chi connectivity index (χ0v) is 21.3. The summed E-state index contributed by atoms with van der Waals surface area (Å²) in [5.74, 6) is -0.611. The average Bonchev–Trinajstić information content (AvgIpc) is 3.49. The molecule has 1 saturated heterocycles. The van der Waals surface area contributed by atoms with Crippen molar-refractivity contribution < 1.29 is 19.1 Å². The predicted molar refractivity (Wildman–Crippen MR) is 146 cm³/mol. The van der Waals surface area contributed by atoms with Gasteiger partial charge >= 0.3 is 5.97 Å². The summed E-state index contributed by atoms with van der Waals surface area (Å²) in [6.45, 7) is 1.99. The molecule has 0 radical (unpaired) electrons. The molecular weight excluding hydrogens is 506 g/mol. The molecule has 0 unspecified atom stereocenters. The number of thioether (sulfide) groups is 1. The first kappa shape index (κ1) is 24.6. The number of carboxylic acids is 1. The number of hydrogen-bond acceptors (Lipinski definition) is 7. The van der Waals surface area contributed by atoms with E-state index in [0.717, 1.165) is 16.7 Å². The van der Waals surface area contributed by atoms with Crippen LogP contribution in [0.15, 0.2) is 88.2 Å². The Morgan fingerprint density at radius 1 is 1.08 bits per heavy atom. The maximum atomic E-state index is 13.6. The fraction of sp³-hybridized carbons (Fsp3) is 0.107. The SMILES string of the molecule is Cc1cccc(-c2nnc([C@H](Cc3ccccc3)N3C(=O)/C(=C/c4ccc(C(=O)O)cc4)SC3=S)o2)c1. The van der Waals surface area contributed by atoms with Crippen LogP contribution in [0, 0.1) is 6.92 Å². The number of carbonyl (C=O) groups is 2. The monoisotopic (exact) mass is 527 g/mol. The van der Waals surface area contributed by atoms with Gasteiger partial charge in [0, 0.05) is 12.0 Å². The number of nitrogens with zero attached hydrogens (tertiary/aromatic N) is 3. The molecule has 1 N–H and O–H groups in total. The van der Waals surface area contributed by atoms with Crippen LogP contribution in [0.1, 0.15) is 39.0 Å². The smallest absolute Gasteiger partial charge is 0.335 e. The van der Waals surface area contributed by atoms with Gasteiger partial charge in [0.1, 0.15) is 10.4 Å². The highest BCUT2D eigenvalue weighted by atomic mass is 32.2. The fourth-order valence-corrected chi connectivity index (χ4v) is 5.37. The van der Waals surface area contributed by atoms with Gasteiger partial charge in [0.05, 0.1) is 10.5 Å². The van der Waals surface area contributed by atoms with E-state index in [4.69, 9.17) is 21.7 Å². The summed E-state index contributed by atoms with van der Waals surface area (Å²) in [7, 11) is 0. The minimum atomic E-state index is -1.01. The summed E-state index contributed by atoms with van der Waals surface area (Å²) in [5, 5.41) is 17.7. The molecule has 0 saturated carbocycles. The van der Waals surface area contributed by atoms with Gasteiger partial charge in [-0.2, -0.15) is 0 Å². The van der Waals surface area contributed by atoms with Crippen LogP contribution in [0.5, 0.6) is 0 Å². The van der Waals surface area contributed by atoms with Crippen LogP contribution in [-0.2, 0) is 11.2 Å². The van der Waals surface area contributed by atoms with Crippen molar-refractivity contribution in [2.75, 3.05) is 0 Å². The van der Waals surface area contributed by atoms with E-state index < -0.39 is 12.0 Å². The Hall–Kier alpha value is -4.08. The van der Waals surface area contributed by atoms with Gasteiger partial charge in [-0.3, -0.25) is 9.69 Å². The van der Waals surface area contributed by atoms with Crippen LogP contribution in [0.4, 0.5) is 0 Å². The van der Waals surface area contributed by atoms with E-state index in [1.165, 1.54) is 28.8 Å². The zero-order valence-electron chi connectivity index (χ0n) is 19.7. The average molecular weight is 528 g/mol. The molecule has 9 heteroatoms. The molecule has 0 spiro atoms. The van der Waals surface area contributed by atoms with Crippen LogP contribution in [0.3, 0.4) is 0 Å². The fourth-order valence-electron chi connectivity index (χ4n) is 4.01. The van der Waals surface area contributed by atoms with Crippen LogP contribution < -0.4 is 0 Å². The third-order valence-corrected chi connectivity index (χ3v) is 7.18. The Morgan fingerprint density at radius 2 is 1.84 bits per heavy atom. The molecule has 7 nitrogen and oxygen atoms in total. The van der Waals surface area contributed by atoms with E-state index in [1.807, 2.05) is 61.5 Å². The molecule has 1 amide bonds. The maximum Gasteiger partial charge on any atom is 0.335 e. The number of aromatic nitrogens is 2. The minimum absolute atomic E-state index is 0.174. The summed E-state index contributed by atoms with van der Waals surface area (Å²) < 4.78 is 6.48. The lowest BCUT2D eigenvalue weighted by Crippen LogP contribution is -2.34. The third-order valence-electron chi connectivity index (χ3n) is 5.85. The Morgan fingerprint density at radius 3 is 2.54 bits per heavy atom.